The maximum Gasteiger partial charge on any atom is 0.0963 e. The second-order valence-corrected chi connectivity index (χ2v) is 10.2. The Bertz CT molecular complexity index is 2170. The van der Waals surface area contributed by atoms with Gasteiger partial charge in [0.15, 0.2) is 0 Å². The van der Waals surface area contributed by atoms with Crippen molar-refractivity contribution < 1.29 is 0 Å². The molecule has 0 radical (unpaired) electrons. The number of nitrogens with zero attached hydrogens (tertiary/aromatic N) is 4. The molecule has 4 aromatic carbocycles. The van der Waals surface area contributed by atoms with Gasteiger partial charge in [0, 0.05) is 28.4 Å². The summed E-state index contributed by atoms with van der Waals surface area (Å²) >= 11 is 0. The summed E-state index contributed by atoms with van der Waals surface area (Å²) in [5.41, 5.74) is 9.97. The molecular weight excluding hydrogens is 500 g/mol. The van der Waals surface area contributed by atoms with E-state index >= 15 is 0 Å². The van der Waals surface area contributed by atoms with E-state index < -0.39 is 0 Å². The minimum Gasteiger partial charge on any atom is -0.308 e. The number of aromatic nitrogens is 4. The Morgan fingerprint density at radius 3 is 1.93 bits per heavy atom. The number of fused-ring (bicyclic) bond motifs is 4. The molecule has 0 bridgehead atoms. The maximum atomic E-state index is 5.06. The SMILES string of the molecule is c1cc(-c2cccc(-c3cccc(-c4ccc5ccccc5c4)n3)n2)cc(-n2c3ccccc3c3ncccc32)c1. The molecule has 0 aliphatic heterocycles. The van der Waals surface area contributed by atoms with Crippen molar-refractivity contribution in [2.45, 2.75) is 0 Å². The van der Waals surface area contributed by atoms with Crippen molar-refractivity contribution >= 4 is 32.7 Å². The highest BCUT2D eigenvalue weighted by molar-refractivity contribution is 6.07. The lowest BCUT2D eigenvalue weighted by Gasteiger charge is -2.11. The Kier molecular flexibility index (Phi) is 5.42. The van der Waals surface area contributed by atoms with Crippen molar-refractivity contribution in [2.24, 2.45) is 0 Å². The van der Waals surface area contributed by atoms with Crippen LogP contribution in [0.5, 0.6) is 0 Å². The summed E-state index contributed by atoms with van der Waals surface area (Å²) in [7, 11) is 0. The molecule has 4 heterocycles. The van der Waals surface area contributed by atoms with Gasteiger partial charge in [0.2, 0.25) is 0 Å². The molecule has 4 aromatic heterocycles. The summed E-state index contributed by atoms with van der Waals surface area (Å²) in [5.74, 6) is 0. The second kappa shape index (κ2) is 9.54. The third-order valence-corrected chi connectivity index (χ3v) is 7.63. The molecule has 41 heavy (non-hydrogen) atoms. The normalized spacial score (nSPS) is 11.4. The molecule has 0 fully saturated rings. The molecule has 0 saturated heterocycles. The summed E-state index contributed by atoms with van der Waals surface area (Å²) in [6.45, 7) is 0. The van der Waals surface area contributed by atoms with Crippen molar-refractivity contribution in [1.29, 1.82) is 0 Å². The van der Waals surface area contributed by atoms with Crippen LogP contribution in [0.2, 0.25) is 0 Å². The highest BCUT2D eigenvalue weighted by Crippen LogP contribution is 2.32. The van der Waals surface area contributed by atoms with Gasteiger partial charge in [-0.15, -0.1) is 0 Å². The first-order valence-corrected chi connectivity index (χ1v) is 13.7. The van der Waals surface area contributed by atoms with Gasteiger partial charge in [-0.2, -0.15) is 0 Å². The van der Waals surface area contributed by atoms with Crippen LogP contribution in [0.1, 0.15) is 0 Å². The lowest BCUT2D eigenvalue weighted by Crippen LogP contribution is -1.95. The average Bonchev–Trinajstić information content (AvgIpc) is 3.39. The van der Waals surface area contributed by atoms with E-state index in [1.54, 1.807) is 0 Å². The topological polar surface area (TPSA) is 43.6 Å². The molecule has 192 valence electrons. The lowest BCUT2D eigenvalue weighted by atomic mass is 10.0. The zero-order valence-corrected chi connectivity index (χ0v) is 22.1. The number of pyridine rings is 3. The minimum absolute atomic E-state index is 0.844. The van der Waals surface area contributed by atoms with Crippen LogP contribution < -0.4 is 0 Å². The first kappa shape index (κ1) is 23.3. The number of para-hydroxylation sites is 1. The van der Waals surface area contributed by atoms with Crippen LogP contribution in [-0.4, -0.2) is 19.5 Å². The Labute approximate surface area is 237 Å². The van der Waals surface area contributed by atoms with E-state index in [1.165, 1.54) is 10.8 Å². The molecule has 0 saturated carbocycles. The highest BCUT2D eigenvalue weighted by Gasteiger charge is 2.14. The monoisotopic (exact) mass is 524 g/mol. The molecule has 0 aliphatic carbocycles. The number of benzene rings is 4. The van der Waals surface area contributed by atoms with Crippen molar-refractivity contribution in [3.63, 3.8) is 0 Å². The van der Waals surface area contributed by atoms with Crippen molar-refractivity contribution in [3.05, 3.63) is 146 Å². The summed E-state index contributed by atoms with van der Waals surface area (Å²) in [6.07, 6.45) is 1.86. The van der Waals surface area contributed by atoms with Crippen LogP contribution in [0, 0.1) is 0 Å². The van der Waals surface area contributed by atoms with E-state index in [2.05, 4.69) is 131 Å². The van der Waals surface area contributed by atoms with Gasteiger partial charge in [-0.25, -0.2) is 9.97 Å². The number of rotatable bonds is 4. The summed E-state index contributed by atoms with van der Waals surface area (Å²) in [6, 6.07) is 48.2. The quantitative estimate of drug-likeness (QED) is 0.231. The van der Waals surface area contributed by atoms with E-state index in [0.717, 1.165) is 61.5 Å². The average molecular weight is 525 g/mol. The van der Waals surface area contributed by atoms with E-state index in [9.17, 15) is 0 Å². The molecule has 0 amide bonds. The highest BCUT2D eigenvalue weighted by atomic mass is 15.0. The molecule has 0 unspecified atom stereocenters. The van der Waals surface area contributed by atoms with Crippen molar-refractivity contribution in [3.8, 4) is 39.6 Å². The summed E-state index contributed by atoms with van der Waals surface area (Å²) < 4.78 is 2.28. The van der Waals surface area contributed by atoms with E-state index in [1.807, 2.05) is 24.4 Å². The smallest absolute Gasteiger partial charge is 0.0963 e. The van der Waals surface area contributed by atoms with Crippen LogP contribution in [0.15, 0.2) is 146 Å². The fourth-order valence-corrected chi connectivity index (χ4v) is 5.69. The Morgan fingerprint density at radius 1 is 0.439 bits per heavy atom. The Morgan fingerprint density at radius 2 is 1.10 bits per heavy atom. The standard InChI is InChI=1S/C37H24N4/c1-2-10-26-23-28(21-20-25(26)9-1)32-15-7-17-34(40-32)33-16-6-14-31(39-33)27-11-5-12-29(24-27)41-35-18-4-3-13-30(35)37-36(41)19-8-22-38-37/h1-24H. The molecule has 0 atom stereocenters. The lowest BCUT2D eigenvalue weighted by molar-refractivity contribution is 1.17. The van der Waals surface area contributed by atoms with Crippen LogP contribution in [-0.2, 0) is 0 Å². The second-order valence-electron chi connectivity index (χ2n) is 10.2. The van der Waals surface area contributed by atoms with Gasteiger partial charge >= 0.3 is 0 Å². The maximum absolute atomic E-state index is 5.06. The van der Waals surface area contributed by atoms with Gasteiger partial charge in [0.25, 0.3) is 0 Å². The molecule has 4 nitrogen and oxygen atoms in total. The molecule has 8 rings (SSSR count). The third kappa shape index (κ3) is 4.05. The molecule has 0 N–H and O–H groups in total. The van der Waals surface area contributed by atoms with Gasteiger partial charge in [-0.05, 0) is 71.4 Å². The Hall–Kier alpha value is -5.61. The largest absolute Gasteiger partial charge is 0.308 e. The van der Waals surface area contributed by atoms with Crippen LogP contribution in [0.25, 0.3) is 72.3 Å². The van der Waals surface area contributed by atoms with E-state index in [0.29, 0.717) is 0 Å². The van der Waals surface area contributed by atoms with E-state index in [4.69, 9.17) is 9.97 Å². The van der Waals surface area contributed by atoms with Gasteiger partial charge in [-0.3, -0.25) is 4.98 Å². The van der Waals surface area contributed by atoms with Crippen LogP contribution in [0.4, 0.5) is 0 Å². The molecule has 8 aromatic rings. The zero-order valence-electron chi connectivity index (χ0n) is 22.1. The number of hydrogen-bond acceptors (Lipinski definition) is 3. The van der Waals surface area contributed by atoms with Crippen molar-refractivity contribution in [1.82, 2.24) is 19.5 Å². The Balaban J connectivity index is 1.19. The fraction of sp³-hybridized carbons (Fsp3) is 0. The van der Waals surface area contributed by atoms with E-state index in [-0.39, 0.29) is 0 Å². The summed E-state index contributed by atoms with van der Waals surface area (Å²) in [5, 5.41) is 3.57. The fourth-order valence-electron chi connectivity index (χ4n) is 5.69. The molecule has 0 spiro atoms. The first-order valence-electron chi connectivity index (χ1n) is 13.7. The van der Waals surface area contributed by atoms with Crippen molar-refractivity contribution in [2.75, 3.05) is 0 Å². The van der Waals surface area contributed by atoms with Gasteiger partial charge in [0.05, 0.1) is 39.3 Å². The molecule has 4 heteroatoms. The minimum atomic E-state index is 0.844. The van der Waals surface area contributed by atoms with Crippen LogP contribution >= 0.6 is 0 Å². The predicted molar refractivity (Wildman–Crippen MR) is 168 cm³/mol. The molecular formula is C37H24N4. The zero-order chi connectivity index (χ0) is 27.2. The van der Waals surface area contributed by atoms with Gasteiger partial charge in [-0.1, -0.05) is 78.9 Å². The van der Waals surface area contributed by atoms with Gasteiger partial charge < -0.3 is 4.57 Å². The number of hydrogen-bond donors (Lipinski definition) is 0. The third-order valence-electron chi connectivity index (χ3n) is 7.63. The van der Waals surface area contributed by atoms with Gasteiger partial charge in [0.1, 0.15) is 0 Å². The first-order chi connectivity index (χ1) is 20.3. The predicted octanol–water partition coefficient (Wildman–Crippen LogP) is 9.12. The summed E-state index contributed by atoms with van der Waals surface area (Å²) in [4.78, 5) is 14.8. The molecule has 0 aliphatic rings. The van der Waals surface area contributed by atoms with Crippen LogP contribution in [0.3, 0.4) is 0 Å².